The maximum atomic E-state index is 12.2. The first kappa shape index (κ1) is 16.7. The van der Waals surface area contributed by atoms with Gasteiger partial charge >= 0.3 is 0 Å². The van der Waals surface area contributed by atoms with Crippen molar-refractivity contribution in [1.82, 2.24) is 20.4 Å². The number of hydrogen-bond acceptors (Lipinski definition) is 3. The fourth-order valence-electron chi connectivity index (χ4n) is 3.28. The van der Waals surface area contributed by atoms with E-state index in [1.54, 1.807) is 0 Å². The zero-order chi connectivity index (χ0) is 16.9. The van der Waals surface area contributed by atoms with Crippen LogP contribution in [-0.4, -0.2) is 34.6 Å². The molecule has 3 rings (SSSR count). The molecule has 1 aliphatic carbocycles. The predicted molar refractivity (Wildman–Crippen MR) is 94.6 cm³/mol. The zero-order valence-corrected chi connectivity index (χ0v) is 14.5. The topological polar surface area (TPSA) is 61.0 Å². The van der Waals surface area contributed by atoms with Crippen molar-refractivity contribution in [2.45, 2.75) is 45.2 Å². The molecule has 0 aliphatic heterocycles. The number of H-pyrrole nitrogens is 1. The molecular weight excluding hydrogens is 300 g/mol. The van der Waals surface area contributed by atoms with E-state index in [1.807, 2.05) is 44.3 Å². The first-order valence-corrected chi connectivity index (χ1v) is 8.71. The monoisotopic (exact) mass is 326 g/mol. The second-order valence-electron chi connectivity index (χ2n) is 6.67. The lowest BCUT2D eigenvalue weighted by Crippen LogP contribution is -2.30. The number of aromatic amines is 1. The lowest BCUT2D eigenvalue weighted by molar-refractivity contribution is -0.122. The van der Waals surface area contributed by atoms with Crippen LogP contribution in [0.25, 0.3) is 0 Å². The summed E-state index contributed by atoms with van der Waals surface area (Å²) < 4.78 is 0. The zero-order valence-electron chi connectivity index (χ0n) is 14.5. The highest BCUT2D eigenvalue weighted by Crippen LogP contribution is 2.23. The van der Waals surface area contributed by atoms with Gasteiger partial charge in [-0.3, -0.25) is 14.8 Å². The minimum Gasteiger partial charge on any atom is -0.350 e. The molecule has 5 nitrogen and oxygen atoms in total. The average molecular weight is 326 g/mol. The second kappa shape index (κ2) is 7.62. The van der Waals surface area contributed by atoms with Gasteiger partial charge in [-0.05, 0) is 44.4 Å². The quantitative estimate of drug-likeness (QED) is 0.822. The largest absolute Gasteiger partial charge is 0.350 e. The SMILES string of the molecule is C[C@@H](NC(=O)CCN(C)Cc1n[nH]c2c1CCC2)c1ccccc1. The summed E-state index contributed by atoms with van der Waals surface area (Å²) in [5.41, 5.74) is 4.96. The summed E-state index contributed by atoms with van der Waals surface area (Å²) in [6, 6.07) is 10.1. The first-order valence-electron chi connectivity index (χ1n) is 8.71. The van der Waals surface area contributed by atoms with Gasteiger partial charge in [0.2, 0.25) is 5.91 Å². The van der Waals surface area contributed by atoms with Gasteiger partial charge in [0.05, 0.1) is 11.7 Å². The molecule has 1 aromatic heterocycles. The summed E-state index contributed by atoms with van der Waals surface area (Å²) in [4.78, 5) is 14.3. The Bertz CT molecular complexity index is 680. The maximum Gasteiger partial charge on any atom is 0.221 e. The Hall–Kier alpha value is -2.14. The molecule has 128 valence electrons. The van der Waals surface area contributed by atoms with E-state index in [0.717, 1.165) is 37.2 Å². The third kappa shape index (κ3) is 4.03. The van der Waals surface area contributed by atoms with Crippen LogP contribution in [0.1, 0.15) is 48.3 Å². The molecule has 1 atom stereocenters. The van der Waals surface area contributed by atoms with E-state index in [2.05, 4.69) is 20.4 Å². The van der Waals surface area contributed by atoms with Crippen molar-refractivity contribution >= 4 is 5.91 Å². The van der Waals surface area contributed by atoms with E-state index in [-0.39, 0.29) is 11.9 Å². The molecular formula is C19H26N4O. The number of carbonyl (C=O) groups is 1. The van der Waals surface area contributed by atoms with Gasteiger partial charge in [-0.1, -0.05) is 30.3 Å². The van der Waals surface area contributed by atoms with Crippen LogP contribution in [0.4, 0.5) is 0 Å². The third-order valence-corrected chi connectivity index (χ3v) is 4.71. The van der Waals surface area contributed by atoms with Crippen molar-refractivity contribution in [3.63, 3.8) is 0 Å². The van der Waals surface area contributed by atoms with Crippen LogP contribution in [0.2, 0.25) is 0 Å². The van der Waals surface area contributed by atoms with Gasteiger partial charge in [0.15, 0.2) is 0 Å². The number of aryl methyl sites for hydroxylation is 1. The summed E-state index contributed by atoms with van der Waals surface area (Å²) >= 11 is 0. The van der Waals surface area contributed by atoms with Crippen molar-refractivity contribution in [3.8, 4) is 0 Å². The van der Waals surface area contributed by atoms with E-state index in [1.165, 1.54) is 17.7 Å². The van der Waals surface area contributed by atoms with Gasteiger partial charge in [-0.25, -0.2) is 0 Å². The fourth-order valence-corrected chi connectivity index (χ4v) is 3.28. The van der Waals surface area contributed by atoms with Gasteiger partial charge in [-0.2, -0.15) is 5.10 Å². The van der Waals surface area contributed by atoms with Crippen LogP contribution in [-0.2, 0) is 24.2 Å². The molecule has 1 aromatic carbocycles. The number of aromatic nitrogens is 2. The van der Waals surface area contributed by atoms with E-state index in [9.17, 15) is 4.79 Å². The lowest BCUT2D eigenvalue weighted by Gasteiger charge is -2.18. The number of nitrogens with zero attached hydrogens (tertiary/aromatic N) is 2. The molecule has 1 heterocycles. The Morgan fingerprint density at radius 3 is 2.92 bits per heavy atom. The number of carbonyl (C=O) groups excluding carboxylic acids is 1. The van der Waals surface area contributed by atoms with Gasteiger partial charge < -0.3 is 5.32 Å². The molecule has 0 fully saturated rings. The van der Waals surface area contributed by atoms with Crippen LogP contribution < -0.4 is 5.32 Å². The molecule has 1 amide bonds. The average Bonchev–Trinajstić information content (AvgIpc) is 3.19. The molecule has 0 unspecified atom stereocenters. The summed E-state index contributed by atoms with van der Waals surface area (Å²) in [5, 5.41) is 10.6. The number of rotatable bonds is 7. The Morgan fingerprint density at radius 2 is 2.12 bits per heavy atom. The van der Waals surface area contributed by atoms with Crippen LogP contribution in [0, 0.1) is 0 Å². The smallest absolute Gasteiger partial charge is 0.221 e. The van der Waals surface area contributed by atoms with E-state index in [0.29, 0.717) is 6.42 Å². The summed E-state index contributed by atoms with van der Waals surface area (Å²) in [5.74, 6) is 0.0884. The van der Waals surface area contributed by atoms with E-state index in [4.69, 9.17) is 0 Å². The summed E-state index contributed by atoms with van der Waals surface area (Å²) in [6.07, 6.45) is 3.97. The lowest BCUT2D eigenvalue weighted by atomic mass is 10.1. The molecule has 0 spiro atoms. The summed E-state index contributed by atoms with van der Waals surface area (Å²) in [6.45, 7) is 3.55. The number of nitrogens with one attached hydrogen (secondary N) is 2. The molecule has 0 radical (unpaired) electrons. The molecule has 1 aliphatic rings. The molecule has 2 N–H and O–H groups in total. The van der Waals surface area contributed by atoms with Crippen molar-refractivity contribution < 1.29 is 4.79 Å². The Kier molecular flexibility index (Phi) is 5.30. The Morgan fingerprint density at radius 1 is 1.33 bits per heavy atom. The number of fused-ring (bicyclic) bond motifs is 1. The number of amides is 1. The molecule has 5 heteroatoms. The van der Waals surface area contributed by atoms with Crippen molar-refractivity contribution in [2.75, 3.05) is 13.6 Å². The third-order valence-electron chi connectivity index (χ3n) is 4.71. The van der Waals surface area contributed by atoms with Crippen molar-refractivity contribution in [2.24, 2.45) is 0 Å². The number of benzene rings is 1. The Labute approximate surface area is 143 Å². The maximum absolute atomic E-state index is 12.2. The molecule has 0 bridgehead atoms. The normalized spacial score (nSPS) is 14.6. The highest BCUT2D eigenvalue weighted by molar-refractivity contribution is 5.76. The number of hydrogen-bond donors (Lipinski definition) is 2. The predicted octanol–water partition coefficient (Wildman–Crippen LogP) is 2.60. The van der Waals surface area contributed by atoms with E-state index < -0.39 is 0 Å². The van der Waals surface area contributed by atoms with Crippen molar-refractivity contribution in [3.05, 3.63) is 52.8 Å². The van der Waals surface area contributed by atoms with Gasteiger partial charge in [0, 0.05) is 25.2 Å². The minimum atomic E-state index is 0.0404. The fraction of sp³-hybridized carbons (Fsp3) is 0.474. The van der Waals surface area contributed by atoms with Crippen LogP contribution in [0.5, 0.6) is 0 Å². The first-order chi connectivity index (χ1) is 11.6. The van der Waals surface area contributed by atoms with Gasteiger partial charge in [0.1, 0.15) is 0 Å². The molecule has 0 saturated heterocycles. The van der Waals surface area contributed by atoms with E-state index >= 15 is 0 Å². The van der Waals surface area contributed by atoms with Crippen LogP contribution in [0.15, 0.2) is 30.3 Å². The van der Waals surface area contributed by atoms with Crippen LogP contribution in [0.3, 0.4) is 0 Å². The molecule has 2 aromatic rings. The Balaban J connectivity index is 1.44. The standard InChI is InChI=1S/C19H26N4O/c1-14(15-7-4-3-5-8-15)20-19(24)11-12-23(2)13-18-16-9-6-10-17(16)21-22-18/h3-5,7-8,14H,6,9-13H2,1-2H3,(H,20,24)(H,21,22)/t14-/m1/s1. The highest BCUT2D eigenvalue weighted by atomic mass is 16.1. The molecule has 0 saturated carbocycles. The minimum absolute atomic E-state index is 0.0404. The van der Waals surface area contributed by atoms with Gasteiger partial charge in [-0.15, -0.1) is 0 Å². The summed E-state index contributed by atoms with van der Waals surface area (Å²) in [7, 11) is 2.05. The van der Waals surface area contributed by atoms with Crippen molar-refractivity contribution in [1.29, 1.82) is 0 Å². The highest BCUT2D eigenvalue weighted by Gasteiger charge is 2.19. The van der Waals surface area contributed by atoms with Crippen LogP contribution >= 0.6 is 0 Å². The molecule has 24 heavy (non-hydrogen) atoms. The second-order valence-corrected chi connectivity index (χ2v) is 6.67. The van der Waals surface area contributed by atoms with Gasteiger partial charge in [0.25, 0.3) is 0 Å².